The third-order valence-corrected chi connectivity index (χ3v) is 5.22. The first kappa shape index (κ1) is 18.5. The van der Waals surface area contributed by atoms with E-state index >= 15 is 0 Å². The van der Waals surface area contributed by atoms with Crippen LogP contribution in [0.25, 0.3) is 6.08 Å². The molecule has 1 aliphatic heterocycles. The van der Waals surface area contributed by atoms with Crippen LogP contribution >= 0.6 is 11.8 Å². The van der Waals surface area contributed by atoms with Crippen LogP contribution in [0, 0.1) is 13.8 Å². The summed E-state index contributed by atoms with van der Waals surface area (Å²) in [6, 6.07) is 14.5. The molecule has 1 saturated heterocycles. The van der Waals surface area contributed by atoms with Crippen molar-refractivity contribution in [3.63, 3.8) is 0 Å². The monoisotopic (exact) mass is 364 g/mol. The Kier molecular flexibility index (Phi) is 5.05. The second-order valence-corrected chi connectivity index (χ2v) is 8.67. The van der Waals surface area contributed by atoms with Crippen molar-refractivity contribution < 1.29 is 4.79 Å². The summed E-state index contributed by atoms with van der Waals surface area (Å²) in [6.45, 7) is 10.6. The number of benzene rings is 2. The van der Waals surface area contributed by atoms with Crippen LogP contribution < -0.4 is 5.32 Å². The number of hydrogen-bond donors (Lipinski definition) is 1. The standard InChI is InChI=1S/C22H24N2OS/c1-14-6-7-15(2)18(12-14)23-21-24-20(25)19(26-21)13-16-8-10-17(11-9-16)22(3,4)5/h6-13H,1-5H3,(H,23,24,25). The van der Waals surface area contributed by atoms with Gasteiger partial charge in [-0.15, -0.1) is 0 Å². The number of thioether (sulfide) groups is 1. The van der Waals surface area contributed by atoms with Crippen LogP contribution in [-0.4, -0.2) is 11.1 Å². The van der Waals surface area contributed by atoms with Crippen LogP contribution in [0.2, 0.25) is 0 Å². The summed E-state index contributed by atoms with van der Waals surface area (Å²) < 4.78 is 0. The average Bonchev–Trinajstić information content (AvgIpc) is 2.90. The van der Waals surface area contributed by atoms with Gasteiger partial charge in [0.15, 0.2) is 5.17 Å². The lowest BCUT2D eigenvalue weighted by molar-refractivity contribution is -0.115. The third kappa shape index (κ3) is 4.25. The Labute approximate surface area is 159 Å². The molecule has 1 heterocycles. The average molecular weight is 365 g/mol. The summed E-state index contributed by atoms with van der Waals surface area (Å²) in [5.41, 5.74) is 5.55. The van der Waals surface area contributed by atoms with Gasteiger partial charge in [-0.2, -0.15) is 0 Å². The van der Waals surface area contributed by atoms with Gasteiger partial charge in [-0.1, -0.05) is 57.2 Å². The molecule has 0 aliphatic carbocycles. The highest BCUT2D eigenvalue weighted by atomic mass is 32.2. The largest absolute Gasteiger partial charge is 0.300 e. The van der Waals surface area contributed by atoms with Gasteiger partial charge in [-0.25, -0.2) is 4.99 Å². The van der Waals surface area contributed by atoms with E-state index in [4.69, 9.17) is 0 Å². The zero-order valence-electron chi connectivity index (χ0n) is 15.9. The molecule has 0 bridgehead atoms. The van der Waals surface area contributed by atoms with Crippen molar-refractivity contribution in [3.05, 3.63) is 69.6 Å². The number of rotatable bonds is 2. The summed E-state index contributed by atoms with van der Waals surface area (Å²) in [6.07, 6.45) is 1.91. The maximum absolute atomic E-state index is 12.3. The highest BCUT2D eigenvalue weighted by Crippen LogP contribution is 2.30. The van der Waals surface area contributed by atoms with Gasteiger partial charge in [0.1, 0.15) is 0 Å². The maximum atomic E-state index is 12.3. The van der Waals surface area contributed by atoms with E-state index in [2.05, 4.69) is 61.4 Å². The molecule has 3 nitrogen and oxygen atoms in total. The first-order chi connectivity index (χ1) is 12.2. The fourth-order valence-corrected chi connectivity index (χ4v) is 3.50. The first-order valence-electron chi connectivity index (χ1n) is 8.70. The lowest BCUT2D eigenvalue weighted by Gasteiger charge is -2.18. The second kappa shape index (κ2) is 7.12. The van der Waals surface area contributed by atoms with Crippen molar-refractivity contribution in [2.75, 3.05) is 0 Å². The quantitative estimate of drug-likeness (QED) is 0.716. The van der Waals surface area contributed by atoms with Gasteiger partial charge in [0.25, 0.3) is 5.91 Å². The van der Waals surface area contributed by atoms with Crippen molar-refractivity contribution >= 4 is 34.6 Å². The van der Waals surface area contributed by atoms with E-state index in [1.165, 1.54) is 17.3 Å². The minimum atomic E-state index is -0.0982. The number of aryl methyl sites for hydroxylation is 2. The van der Waals surface area contributed by atoms with Crippen molar-refractivity contribution in [3.8, 4) is 0 Å². The predicted octanol–water partition coefficient (Wildman–Crippen LogP) is 5.49. The number of aliphatic imine (C=N–C) groups is 1. The van der Waals surface area contributed by atoms with Gasteiger partial charge in [0.2, 0.25) is 0 Å². The highest BCUT2D eigenvalue weighted by molar-refractivity contribution is 8.18. The Morgan fingerprint density at radius 3 is 2.38 bits per heavy atom. The second-order valence-electron chi connectivity index (χ2n) is 7.64. The molecule has 1 fully saturated rings. The minimum Gasteiger partial charge on any atom is -0.300 e. The molecular weight excluding hydrogens is 340 g/mol. The van der Waals surface area contributed by atoms with Crippen molar-refractivity contribution in [2.45, 2.75) is 40.0 Å². The van der Waals surface area contributed by atoms with Crippen LogP contribution in [-0.2, 0) is 10.2 Å². The first-order valence-corrected chi connectivity index (χ1v) is 9.51. The molecule has 0 atom stereocenters. The van der Waals surface area contributed by atoms with Crippen molar-refractivity contribution in [1.82, 2.24) is 5.32 Å². The highest BCUT2D eigenvalue weighted by Gasteiger charge is 2.24. The molecule has 1 aliphatic rings. The lowest BCUT2D eigenvalue weighted by atomic mass is 9.87. The molecule has 0 spiro atoms. The van der Waals surface area contributed by atoms with Gasteiger partial charge in [-0.05, 0) is 65.4 Å². The topological polar surface area (TPSA) is 41.5 Å². The molecule has 2 aromatic rings. The van der Waals surface area contributed by atoms with Gasteiger partial charge >= 0.3 is 0 Å². The van der Waals surface area contributed by atoms with E-state index in [1.54, 1.807) is 0 Å². The number of amides is 1. The fourth-order valence-electron chi connectivity index (χ4n) is 2.66. The molecule has 0 unspecified atom stereocenters. The smallest absolute Gasteiger partial charge is 0.264 e. The van der Waals surface area contributed by atoms with Crippen LogP contribution in [0.3, 0.4) is 0 Å². The Balaban J connectivity index is 1.82. The molecule has 0 radical (unpaired) electrons. The van der Waals surface area contributed by atoms with Gasteiger partial charge < -0.3 is 5.32 Å². The lowest BCUT2D eigenvalue weighted by Crippen LogP contribution is -2.19. The Hall–Kier alpha value is -2.33. The number of hydrogen-bond acceptors (Lipinski definition) is 3. The van der Waals surface area contributed by atoms with Gasteiger partial charge in [-0.3, -0.25) is 4.79 Å². The van der Waals surface area contributed by atoms with Crippen molar-refractivity contribution in [1.29, 1.82) is 0 Å². The molecule has 0 aromatic heterocycles. The number of carbonyl (C=O) groups is 1. The van der Waals surface area contributed by atoms with E-state index in [9.17, 15) is 4.79 Å². The Morgan fingerprint density at radius 2 is 1.73 bits per heavy atom. The summed E-state index contributed by atoms with van der Waals surface area (Å²) in [5, 5.41) is 3.49. The molecule has 2 aromatic carbocycles. The summed E-state index contributed by atoms with van der Waals surface area (Å²) in [5.74, 6) is -0.0982. The molecule has 134 valence electrons. The van der Waals surface area contributed by atoms with E-state index in [0.717, 1.165) is 22.4 Å². The SMILES string of the molecule is Cc1ccc(C)c(N=C2NC(=O)C(=Cc3ccc(C(C)(C)C)cc3)S2)c1. The summed E-state index contributed by atoms with van der Waals surface area (Å²) in [7, 11) is 0. The minimum absolute atomic E-state index is 0.0982. The van der Waals surface area contributed by atoms with Gasteiger partial charge in [0, 0.05) is 0 Å². The Morgan fingerprint density at radius 1 is 1.04 bits per heavy atom. The molecular formula is C22H24N2OS. The van der Waals surface area contributed by atoms with E-state index in [1.807, 2.05) is 32.1 Å². The molecule has 4 heteroatoms. The summed E-state index contributed by atoms with van der Waals surface area (Å²) >= 11 is 1.38. The maximum Gasteiger partial charge on any atom is 0.264 e. The zero-order chi connectivity index (χ0) is 18.9. The molecule has 1 amide bonds. The molecule has 26 heavy (non-hydrogen) atoms. The van der Waals surface area contributed by atoms with Crippen LogP contribution in [0.1, 0.15) is 43.0 Å². The van der Waals surface area contributed by atoms with E-state index in [0.29, 0.717) is 10.1 Å². The molecule has 3 rings (SSSR count). The number of amidine groups is 1. The van der Waals surface area contributed by atoms with E-state index in [-0.39, 0.29) is 11.3 Å². The predicted molar refractivity (Wildman–Crippen MR) is 112 cm³/mol. The van der Waals surface area contributed by atoms with Gasteiger partial charge in [0.05, 0.1) is 10.6 Å². The number of nitrogens with one attached hydrogen (secondary N) is 1. The van der Waals surface area contributed by atoms with E-state index < -0.39 is 0 Å². The van der Waals surface area contributed by atoms with Crippen LogP contribution in [0.15, 0.2) is 52.4 Å². The molecule has 0 saturated carbocycles. The van der Waals surface area contributed by atoms with Crippen molar-refractivity contribution in [2.24, 2.45) is 4.99 Å². The number of nitrogens with zero attached hydrogens (tertiary/aromatic N) is 1. The normalized spacial score (nSPS) is 17.8. The number of carbonyl (C=O) groups excluding carboxylic acids is 1. The van der Waals surface area contributed by atoms with Crippen LogP contribution in [0.5, 0.6) is 0 Å². The third-order valence-electron chi connectivity index (χ3n) is 4.31. The summed E-state index contributed by atoms with van der Waals surface area (Å²) in [4.78, 5) is 17.6. The Bertz CT molecular complexity index is 903. The zero-order valence-corrected chi connectivity index (χ0v) is 16.7. The fraction of sp³-hybridized carbons (Fsp3) is 0.273. The molecule has 1 N–H and O–H groups in total. The van der Waals surface area contributed by atoms with Crippen LogP contribution in [0.4, 0.5) is 5.69 Å².